The Morgan fingerprint density at radius 1 is 0.447 bits per heavy atom. The Balaban J connectivity index is 0.000000211. The van der Waals surface area contributed by atoms with E-state index < -0.39 is 9.85 Å². The molecule has 196 valence electrons. The molecule has 0 saturated carbocycles. The van der Waals surface area contributed by atoms with Crippen LogP contribution >= 0.6 is 0 Å². The van der Waals surface area contributed by atoms with Crippen LogP contribution in [-0.4, -0.2) is 38.3 Å². The Labute approximate surface area is 219 Å². The van der Waals surface area contributed by atoms with Crippen LogP contribution in [0.25, 0.3) is 22.3 Å². The lowest BCUT2D eigenvalue weighted by atomic mass is 10.0. The summed E-state index contributed by atoms with van der Waals surface area (Å²) < 4.78 is 20.8. The minimum Gasteiger partial charge on any atom is -0.493 e. The molecular formula is C28H26N2O8. The molecule has 38 heavy (non-hydrogen) atoms. The normalized spacial score (nSPS) is 10.0. The van der Waals surface area contributed by atoms with E-state index in [1.54, 1.807) is 64.8 Å². The average Bonchev–Trinajstić information content (AvgIpc) is 2.96. The summed E-state index contributed by atoms with van der Waals surface area (Å²) in [7, 11) is 6.28. The van der Waals surface area contributed by atoms with E-state index in [-0.39, 0.29) is 11.4 Å². The van der Waals surface area contributed by atoms with Gasteiger partial charge in [0.05, 0.1) is 38.3 Å². The molecule has 10 nitrogen and oxygen atoms in total. The lowest BCUT2D eigenvalue weighted by molar-refractivity contribution is -0.385. The highest BCUT2D eigenvalue weighted by Crippen LogP contribution is 2.34. The van der Waals surface area contributed by atoms with Gasteiger partial charge in [-0.15, -0.1) is 0 Å². The SMILES string of the molecule is COc1ccc(-c2ccc([N+](=O)[O-])cc2)cc1OC.COc1ccc(-c2ccc([N+](=O)[O-])cc2)cc1OC. The molecule has 10 heteroatoms. The van der Waals surface area contributed by atoms with Gasteiger partial charge in [-0.25, -0.2) is 0 Å². The van der Waals surface area contributed by atoms with Crippen molar-refractivity contribution in [3.63, 3.8) is 0 Å². The minimum atomic E-state index is -0.418. The summed E-state index contributed by atoms with van der Waals surface area (Å²) in [5.41, 5.74) is 3.73. The number of hydrogen-bond donors (Lipinski definition) is 0. The Morgan fingerprint density at radius 3 is 1.00 bits per heavy atom. The molecule has 0 heterocycles. The summed E-state index contributed by atoms with van der Waals surface area (Å²) in [6, 6.07) is 23.8. The van der Waals surface area contributed by atoms with Gasteiger partial charge in [0.2, 0.25) is 0 Å². The maximum Gasteiger partial charge on any atom is 0.269 e. The summed E-state index contributed by atoms with van der Waals surface area (Å²) in [4.78, 5) is 20.4. The van der Waals surface area contributed by atoms with Crippen molar-refractivity contribution in [2.75, 3.05) is 28.4 Å². The Bertz CT molecular complexity index is 1290. The van der Waals surface area contributed by atoms with Gasteiger partial charge in [0.1, 0.15) is 0 Å². The van der Waals surface area contributed by atoms with E-state index in [2.05, 4.69) is 0 Å². The Morgan fingerprint density at radius 2 is 0.737 bits per heavy atom. The Kier molecular flexibility index (Phi) is 9.20. The third-order valence-electron chi connectivity index (χ3n) is 5.59. The quantitative estimate of drug-likeness (QED) is 0.190. The van der Waals surface area contributed by atoms with Gasteiger partial charge in [-0.2, -0.15) is 0 Å². The van der Waals surface area contributed by atoms with Crippen LogP contribution < -0.4 is 18.9 Å². The molecule has 0 radical (unpaired) electrons. The lowest BCUT2D eigenvalue weighted by Crippen LogP contribution is -1.91. The van der Waals surface area contributed by atoms with Crippen molar-refractivity contribution in [1.29, 1.82) is 0 Å². The van der Waals surface area contributed by atoms with Gasteiger partial charge in [-0.05, 0) is 70.8 Å². The topological polar surface area (TPSA) is 123 Å². The molecule has 4 rings (SSSR count). The summed E-state index contributed by atoms with van der Waals surface area (Å²) in [5, 5.41) is 21.2. The second-order valence-electron chi connectivity index (χ2n) is 7.75. The third-order valence-corrected chi connectivity index (χ3v) is 5.59. The second kappa shape index (κ2) is 12.7. The average molecular weight is 519 g/mol. The molecule has 0 bridgehead atoms. The number of nitro benzene ring substituents is 2. The summed E-state index contributed by atoms with van der Waals surface area (Å²) in [6.45, 7) is 0. The fourth-order valence-electron chi connectivity index (χ4n) is 3.58. The zero-order chi connectivity index (χ0) is 27.7. The highest BCUT2D eigenvalue weighted by molar-refractivity contribution is 5.69. The predicted molar refractivity (Wildman–Crippen MR) is 143 cm³/mol. The molecular weight excluding hydrogens is 492 g/mol. The predicted octanol–water partition coefficient (Wildman–Crippen LogP) is 6.56. The van der Waals surface area contributed by atoms with E-state index in [0.717, 1.165) is 22.3 Å². The van der Waals surface area contributed by atoms with Gasteiger partial charge in [-0.1, -0.05) is 12.1 Å². The van der Waals surface area contributed by atoms with Crippen LogP contribution in [0.5, 0.6) is 23.0 Å². The fourth-order valence-corrected chi connectivity index (χ4v) is 3.58. The van der Waals surface area contributed by atoms with Crippen LogP contribution in [0.3, 0.4) is 0 Å². The van der Waals surface area contributed by atoms with Crippen molar-refractivity contribution < 1.29 is 28.8 Å². The molecule has 0 N–H and O–H groups in total. The molecule has 0 aromatic heterocycles. The summed E-state index contributed by atoms with van der Waals surface area (Å²) >= 11 is 0. The molecule has 0 aliphatic rings. The van der Waals surface area contributed by atoms with Crippen LogP contribution in [0, 0.1) is 20.2 Å². The van der Waals surface area contributed by atoms with Gasteiger partial charge in [0.15, 0.2) is 23.0 Å². The van der Waals surface area contributed by atoms with E-state index in [0.29, 0.717) is 23.0 Å². The summed E-state index contributed by atoms with van der Waals surface area (Å²) in [6.07, 6.45) is 0. The largest absolute Gasteiger partial charge is 0.493 e. The number of ether oxygens (including phenoxy) is 4. The Hall–Kier alpha value is -5.12. The first-order valence-corrected chi connectivity index (χ1v) is 11.2. The van der Waals surface area contributed by atoms with E-state index in [1.807, 2.05) is 24.3 Å². The highest BCUT2D eigenvalue weighted by atomic mass is 16.6. The molecule has 0 fully saturated rings. The van der Waals surface area contributed by atoms with E-state index in [4.69, 9.17) is 18.9 Å². The number of benzene rings is 4. The molecule has 0 spiro atoms. The first-order chi connectivity index (χ1) is 18.3. The number of methoxy groups -OCH3 is 4. The second-order valence-corrected chi connectivity index (χ2v) is 7.75. The van der Waals surface area contributed by atoms with Crippen molar-refractivity contribution in [2.24, 2.45) is 0 Å². The van der Waals surface area contributed by atoms with Crippen LogP contribution in [-0.2, 0) is 0 Å². The first-order valence-electron chi connectivity index (χ1n) is 11.2. The standard InChI is InChI=1S/2C14H13NO4/c2*1-18-13-8-5-11(9-14(13)19-2)10-3-6-12(7-4-10)15(16)17/h2*3-9H,1-2H3. The molecule has 0 amide bonds. The number of non-ortho nitro benzene ring substituents is 2. The maximum atomic E-state index is 10.6. The smallest absolute Gasteiger partial charge is 0.269 e. The molecule has 4 aromatic rings. The van der Waals surface area contributed by atoms with Gasteiger partial charge < -0.3 is 18.9 Å². The van der Waals surface area contributed by atoms with Gasteiger partial charge in [-0.3, -0.25) is 20.2 Å². The molecule has 4 aromatic carbocycles. The number of hydrogen-bond acceptors (Lipinski definition) is 8. The summed E-state index contributed by atoms with van der Waals surface area (Å²) in [5.74, 6) is 2.54. The molecule has 0 aliphatic heterocycles. The number of nitro groups is 2. The zero-order valence-electron chi connectivity index (χ0n) is 21.2. The minimum absolute atomic E-state index is 0.0734. The van der Waals surface area contributed by atoms with Crippen molar-refractivity contribution in [1.82, 2.24) is 0 Å². The molecule has 0 aliphatic carbocycles. The van der Waals surface area contributed by atoms with E-state index in [1.165, 1.54) is 24.3 Å². The van der Waals surface area contributed by atoms with Crippen LogP contribution in [0.15, 0.2) is 84.9 Å². The molecule has 0 atom stereocenters. The van der Waals surface area contributed by atoms with Crippen molar-refractivity contribution in [3.8, 4) is 45.3 Å². The van der Waals surface area contributed by atoms with E-state index in [9.17, 15) is 20.2 Å². The van der Waals surface area contributed by atoms with Crippen molar-refractivity contribution in [3.05, 3.63) is 105 Å². The van der Waals surface area contributed by atoms with Gasteiger partial charge >= 0.3 is 0 Å². The number of nitrogens with zero attached hydrogens (tertiary/aromatic N) is 2. The molecule has 0 unspecified atom stereocenters. The van der Waals surface area contributed by atoms with Crippen molar-refractivity contribution >= 4 is 11.4 Å². The number of rotatable bonds is 8. The van der Waals surface area contributed by atoms with Crippen LogP contribution in [0.1, 0.15) is 0 Å². The van der Waals surface area contributed by atoms with Crippen molar-refractivity contribution in [2.45, 2.75) is 0 Å². The van der Waals surface area contributed by atoms with Gasteiger partial charge in [0.25, 0.3) is 11.4 Å². The van der Waals surface area contributed by atoms with E-state index >= 15 is 0 Å². The maximum absolute atomic E-state index is 10.6. The zero-order valence-corrected chi connectivity index (χ0v) is 21.2. The van der Waals surface area contributed by atoms with Gasteiger partial charge in [0, 0.05) is 24.3 Å². The third kappa shape index (κ3) is 6.55. The monoisotopic (exact) mass is 518 g/mol. The van der Waals surface area contributed by atoms with Crippen LogP contribution in [0.2, 0.25) is 0 Å². The highest BCUT2D eigenvalue weighted by Gasteiger charge is 2.10. The first kappa shape index (κ1) is 27.5. The molecule has 0 saturated heterocycles. The fraction of sp³-hybridized carbons (Fsp3) is 0.143. The van der Waals surface area contributed by atoms with Crippen LogP contribution in [0.4, 0.5) is 11.4 Å². The lowest BCUT2D eigenvalue weighted by Gasteiger charge is -2.09.